The van der Waals surface area contributed by atoms with E-state index in [1.54, 1.807) is 0 Å². The minimum Gasteiger partial charge on any atom is -0.274 e. The zero-order chi connectivity index (χ0) is 8.78. The van der Waals surface area contributed by atoms with E-state index in [9.17, 15) is 0 Å². The summed E-state index contributed by atoms with van der Waals surface area (Å²) in [7, 11) is 0. The van der Waals surface area contributed by atoms with Crippen molar-refractivity contribution in [2.45, 2.75) is 41.0 Å². The van der Waals surface area contributed by atoms with E-state index in [0.717, 1.165) is 5.92 Å². The molecular formula is C8H24Br2N2. The van der Waals surface area contributed by atoms with Crippen molar-refractivity contribution in [2.24, 2.45) is 23.0 Å². The smallest absolute Gasteiger partial charge is 0.0357 e. The molecule has 0 saturated heterocycles. The van der Waals surface area contributed by atoms with Crippen LogP contribution in [0.2, 0.25) is 0 Å². The van der Waals surface area contributed by atoms with Crippen LogP contribution in [-0.2, 0) is 0 Å². The molecule has 4 N–H and O–H groups in total. The highest BCUT2D eigenvalue weighted by atomic mass is 79.9. The Morgan fingerprint density at radius 1 is 1.08 bits per heavy atom. The Labute approximate surface area is 98.0 Å². The summed E-state index contributed by atoms with van der Waals surface area (Å²) < 4.78 is 0. The minimum absolute atomic E-state index is 0. The summed E-state index contributed by atoms with van der Waals surface area (Å²) in [6.45, 7) is 11.4. The monoisotopic (exact) mass is 306 g/mol. The number of halogens is 2. The van der Waals surface area contributed by atoms with Gasteiger partial charge in [-0.2, -0.15) is 0 Å². The van der Waals surface area contributed by atoms with Gasteiger partial charge in [0.1, 0.15) is 0 Å². The summed E-state index contributed by atoms with van der Waals surface area (Å²) in [6, 6.07) is 0. The summed E-state index contributed by atoms with van der Waals surface area (Å²) in [4.78, 5) is 0. The first-order chi connectivity index (χ1) is 4.48. The third-order valence-electron chi connectivity index (χ3n) is 2.09. The number of rotatable bonds is 1. The van der Waals surface area contributed by atoms with E-state index >= 15 is 0 Å². The van der Waals surface area contributed by atoms with Gasteiger partial charge in [-0.15, -0.1) is 34.0 Å². The summed E-state index contributed by atoms with van der Waals surface area (Å²) in [5.74, 6) is 8.85. The van der Waals surface area contributed by atoms with E-state index in [-0.39, 0.29) is 34.0 Å². The molecule has 0 heterocycles. The topological polar surface area (TPSA) is 52.0 Å². The Kier molecular flexibility index (Phi) is 22.8. The van der Waals surface area contributed by atoms with Gasteiger partial charge in [0.15, 0.2) is 0 Å². The quantitative estimate of drug-likeness (QED) is 0.578. The lowest BCUT2D eigenvalue weighted by atomic mass is 9.81. The minimum atomic E-state index is 0. The van der Waals surface area contributed by atoms with Crippen molar-refractivity contribution in [3.05, 3.63) is 0 Å². The van der Waals surface area contributed by atoms with Crippen LogP contribution in [0.4, 0.5) is 0 Å². The van der Waals surface area contributed by atoms with Crippen LogP contribution in [0.25, 0.3) is 0 Å². The van der Waals surface area contributed by atoms with Crippen molar-refractivity contribution in [3.63, 3.8) is 0 Å². The van der Waals surface area contributed by atoms with E-state index in [1.807, 2.05) is 0 Å². The molecule has 1 unspecified atom stereocenters. The molecule has 0 fully saturated rings. The van der Waals surface area contributed by atoms with Crippen molar-refractivity contribution in [1.82, 2.24) is 0 Å². The first-order valence-corrected chi connectivity index (χ1v) is 3.81. The zero-order valence-electron chi connectivity index (χ0n) is 8.76. The Balaban J connectivity index is -0.0000000740. The van der Waals surface area contributed by atoms with E-state index in [0.29, 0.717) is 5.41 Å². The average molecular weight is 308 g/mol. The van der Waals surface area contributed by atoms with Crippen molar-refractivity contribution in [3.8, 4) is 0 Å². The third-order valence-corrected chi connectivity index (χ3v) is 2.09. The molecule has 0 aliphatic heterocycles. The maximum absolute atomic E-state index is 4.00. The highest BCUT2D eigenvalue weighted by Gasteiger charge is 2.16. The lowest BCUT2D eigenvalue weighted by molar-refractivity contribution is 0.254. The molecule has 0 radical (unpaired) electrons. The van der Waals surface area contributed by atoms with Crippen LogP contribution in [0.3, 0.4) is 0 Å². The van der Waals surface area contributed by atoms with Crippen LogP contribution >= 0.6 is 34.0 Å². The van der Waals surface area contributed by atoms with E-state index in [1.165, 1.54) is 6.42 Å². The standard InChI is InChI=1S/C8H18.2BrH.H4N2/c1-6-7(2)8(3,4)5;;;1-2/h7H,6H2,1-5H3;2*1H;1-2H2. The molecule has 0 saturated carbocycles. The predicted molar refractivity (Wildman–Crippen MR) is 67.9 cm³/mol. The van der Waals surface area contributed by atoms with Crippen LogP contribution in [0, 0.1) is 11.3 Å². The average Bonchev–Trinajstić information content (AvgIpc) is 1.89. The molecule has 0 aromatic rings. The van der Waals surface area contributed by atoms with E-state index < -0.39 is 0 Å². The molecule has 0 aliphatic rings. The van der Waals surface area contributed by atoms with Crippen molar-refractivity contribution in [1.29, 1.82) is 0 Å². The van der Waals surface area contributed by atoms with Gasteiger partial charge in [-0.3, -0.25) is 11.7 Å². The lowest BCUT2D eigenvalue weighted by Crippen LogP contribution is -2.15. The molecule has 2 nitrogen and oxygen atoms in total. The number of nitrogens with two attached hydrogens (primary N) is 2. The van der Waals surface area contributed by atoms with Crippen LogP contribution in [0.5, 0.6) is 0 Å². The van der Waals surface area contributed by atoms with Crippen LogP contribution in [0.15, 0.2) is 0 Å². The lowest BCUT2D eigenvalue weighted by Gasteiger charge is -2.25. The molecule has 12 heavy (non-hydrogen) atoms. The van der Waals surface area contributed by atoms with Crippen molar-refractivity contribution in [2.75, 3.05) is 0 Å². The fourth-order valence-corrected chi connectivity index (χ4v) is 0.612. The second kappa shape index (κ2) is 11.9. The summed E-state index contributed by atoms with van der Waals surface area (Å²) >= 11 is 0. The Hall–Kier alpha value is 0.880. The van der Waals surface area contributed by atoms with Gasteiger partial charge in [-0.1, -0.05) is 41.0 Å². The molecule has 0 aromatic carbocycles. The van der Waals surface area contributed by atoms with Gasteiger partial charge in [0.2, 0.25) is 0 Å². The molecule has 1 atom stereocenters. The van der Waals surface area contributed by atoms with Crippen LogP contribution in [-0.4, -0.2) is 0 Å². The molecule has 0 amide bonds. The molecule has 0 spiro atoms. The van der Waals surface area contributed by atoms with Gasteiger partial charge in [0.25, 0.3) is 0 Å². The Bertz CT molecular complexity index is 71.9. The molecule has 80 valence electrons. The fraction of sp³-hybridized carbons (Fsp3) is 1.00. The highest BCUT2D eigenvalue weighted by Crippen LogP contribution is 2.27. The first-order valence-electron chi connectivity index (χ1n) is 3.81. The van der Waals surface area contributed by atoms with Gasteiger partial charge in [0, 0.05) is 0 Å². The van der Waals surface area contributed by atoms with Crippen molar-refractivity contribution < 1.29 is 0 Å². The predicted octanol–water partition coefficient (Wildman–Crippen LogP) is 3.05. The second-order valence-corrected chi connectivity index (χ2v) is 3.68. The SMILES string of the molecule is Br.Br.CCC(C)C(C)(C)C.NN. The third kappa shape index (κ3) is 13.5. The molecular weight excluding hydrogens is 284 g/mol. The number of hydrogen-bond acceptors (Lipinski definition) is 2. The van der Waals surface area contributed by atoms with Gasteiger partial charge < -0.3 is 0 Å². The summed E-state index contributed by atoms with van der Waals surface area (Å²) in [6.07, 6.45) is 1.30. The van der Waals surface area contributed by atoms with E-state index in [2.05, 4.69) is 46.3 Å². The summed E-state index contributed by atoms with van der Waals surface area (Å²) in [5, 5.41) is 0. The largest absolute Gasteiger partial charge is 0.274 e. The zero-order valence-corrected chi connectivity index (χ0v) is 12.2. The van der Waals surface area contributed by atoms with Gasteiger partial charge >= 0.3 is 0 Å². The van der Waals surface area contributed by atoms with Crippen molar-refractivity contribution >= 4 is 34.0 Å². The summed E-state index contributed by atoms with van der Waals surface area (Å²) in [5.41, 5.74) is 0.509. The maximum atomic E-state index is 4.00. The van der Waals surface area contributed by atoms with Gasteiger partial charge in [0.05, 0.1) is 0 Å². The van der Waals surface area contributed by atoms with Crippen LogP contribution in [0.1, 0.15) is 41.0 Å². The molecule has 0 aromatic heterocycles. The Morgan fingerprint density at radius 3 is 1.33 bits per heavy atom. The highest BCUT2D eigenvalue weighted by molar-refractivity contribution is 8.93. The van der Waals surface area contributed by atoms with Crippen LogP contribution < -0.4 is 11.7 Å². The number of hydrogen-bond donors (Lipinski definition) is 2. The second-order valence-electron chi connectivity index (χ2n) is 3.68. The fourth-order valence-electron chi connectivity index (χ4n) is 0.612. The molecule has 4 heteroatoms. The van der Waals surface area contributed by atoms with Gasteiger partial charge in [-0.05, 0) is 11.3 Å². The Morgan fingerprint density at radius 2 is 1.33 bits per heavy atom. The number of hydrazine groups is 1. The molecule has 0 aliphatic carbocycles. The first kappa shape index (κ1) is 23.1. The molecule has 0 rings (SSSR count). The molecule has 0 bridgehead atoms. The van der Waals surface area contributed by atoms with Gasteiger partial charge in [-0.25, -0.2) is 0 Å². The van der Waals surface area contributed by atoms with E-state index in [4.69, 9.17) is 0 Å². The maximum Gasteiger partial charge on any atom is -0.0357 e. The normalized spacial score (nSPS) is 11.2.